The summed E-state index contributed by atoms with van der Waals surface area (Å²) in [6.45, 7) is 2.86. The highest BCUT2D eigenvalue weighted by Crippen LogP contribution is 2.47. The largest absolute Gasteiger partial charge is 0.465 e. The number of carbonyl (C=O) groups excluding carboxylic acids is 1. The van der Waals surface area contributed by atoms with Gasteiger partial charge in [0.15, 0.2) is 5.13 Å². The molecule has 2 bridgehead atoms. The van der Waals surface area contributed by atoms with Gasteiger partial charge in [0.2, 0.25) is 0 Å². The van der Waals surface area contributed by atoms with Crippen molar-refractivity contribution in [1.29, 1.82) is 0 Å². The molecule has 4 aromatic rings. The van der Waals surface area contributed by atoms with Crippen LogP contribution in [-0.2, 0) is 20.8 Å². The number of nitrogens with zero attached hydrogens (tertiary/aromatic N) is 4. The van der Waals surface area contributed by atoms with Gasteiger partial charge >= 0.3 is 5.97 Å². The molecule has 11 heteroatoms. The molecular weight excluding hydrogens is 619 g/mol. The Labute approximate surface area is 270 Å². The Kier molecular flexibility index (Phi) is 7.58. The molecule has 8 nitrogen and oxygen atoms in total. The van der Waals surface area contributed by atoms with Crippen molar-refractivity contribution in [2.75, 3.05) is 31.8 Å². The summed E-state index contributed by atoms with van der Waals surface area (Å²) in [6.07, 6.45) is 8.24. The lowest BCUT2D eigenvalue weighted by Gasteiger charge is -2.31. The summed E-state index contributed by atoms with van der Waals surface area (Å²) in [7, 11) is 1.44. The number of carbonyl (C=O) groups is 1. The number of anilines is 1. The monoisotopic (exact) mass is 652 g/mol. The maximum absolute atomic E-state index is 12.5. The lowest BCUT2D eigenvalue weighted by atomic mass is 9.90. The second-order valence-electron chi connectivity index (χ2n) is 12.5. The van der Waals surface area contributed by atoms with Gasteiger partial charge in [-0.2, -0.15) is 5.10 Å². The summed E-state index contributed by atoms with van der Waals surface area (Å²) in [5.74, 6) is 0.448. The second kappa shape index (κ2) is 11.6. The van der Waals surface area contributed by atoms with Gasteiger partial charge < -0.3 is 19.1 Å². The average molecular weight is 654 g/mol. The normalized spacial score (nSPS) is 23.6. The Morgan fingerprint density at radius 2 is 1.89 bits per heavy atom. The zero-order chi connectivity index (χ0) is 29.9. The number of aromatic nitrogens is 3. The maximum Gasteiger partial charge on any atom is 0.337 e. The number of ether oxygens (including phenoxy) is 3. The van der Waals surface area contributed by atoms with E-state index in [2.05, 4.69) is 9.58 Å². The fourth-order valence-electron chi connectivity index (χ4n) is 7.38. The van der Waals surface area contributed by atoms with Crippen LogP contribution in [0.15, 0.2) is 36.5 Å². The van der Waals surface area contributed by atoms with E-state index in [9.17, 15) is 4.79 Å². The van der Waals surface area contributed by atoms with Crippen LogP contribution in [0.25, 0.3) is 21.3 Å². The standard InChI is InChI=1S/C33H34Cl2N4O4S/c1-41-32(40)19-12-23(18-7-9-42-10-8-18)31-29(13-19)44-33(37-31)38-16-20-11-22(38)14-28(20)43-17-27-24(15-36-39(27)21-5-6-21)30-25(34)3-2-4-26(30)35/h2-4,12-13,15,18,20-22,28H,5-11,14,16-17H2,1H3/t20-,22-,28+/m0/s1. The summed E-state index contributed by atoms with van der Waals surface area (Å²) in [6, 6.07) is 10.3. The molecule has 2 saturated heterocycles. The van der Waals surface area contributed by atoms with E-state index >= 15 is 0 Å². The highest BCUT2D eigenvalue weighted by atomic mass is 35.5. The first-order valence-electron chi connectivity index (χ1n) is 15.5. The highest BCUT2D eigenvalue weighted by Gasteiger charge is 2.46. The molecule has 4 aliphatic rings. The molecule has 2 aliphatic heterocycles. The van der Waals surface area contributed by atoms with Crippen molar-refractivity contribution in [2.45, 2.75) is 69.2 Å². The van der Waals surface area contributed by atoms with E-state index in [-0.39, 0.29) is 12.1 Å². The summed E-state index contributed by atoms with van der Waals surface area (Å²) >= 11 is 14.9. The summed E-state index contributed by atoms with van der Waals surface area (Å²) < 4.78 is 20.5. The van der Waals surface area contributed by atoms with Crippen LogP contribution in [0.1, 0.15) is 72.1 Å². The number of piperidine rings is 1. The van der Waals surface area contributed by atoms with E-state index in [1.807, 2.05) is 36.5 Å². The first-order chi connectivity index (χ1) is 21.5. The first kappa shape index (κ1) is 28.8. The van der Waals surface area contributed by atoms with Crippen LogP contribution in [0.4, 0.5) is 5.13 Å². The number of methoxy groups -OCH3 is 1. The minimum atomic E-state index is -0.307. The summed E-state index contributed by atoms with van der Waals surface area (Å²) in [5, 5.41) is 7.01. The smallest absolute Gasteiger partial charge is 0.337 e. The van der Waals surface area contributed by atoms with Gasteiger partial charge in [-0.05, 0) is 74.3 Å². The third-order valence-corrected chi connectivity index (χ3v) is 11.4. The van der Waals surface area contributed by atoms with Crippen molar-refractivity contribution < 1.29 is 19.0 Å². The predicted octanol–water partition coefficient (Wildman–Crippen LogP) is 7.67. The Balaban J connectivity index is 1.02. The van der Waals surface area contributed by atoms with Crippen LogP contribution in [0.3, 0.4) is 0 Å². The van der Waals surface area contributed by atoms with Crippen LogP contribution in [0, 0.1) is 5.92 Å². The van der Waals surface area contributed by atoms with E-state index < -0.39 is 0 Å². The Bertz CT molecular complexity index is 1710. The number of esters is 1. The molecule has 0 radical (unpaired) electrons. The number of rotatable bonds is 8. The van der Waals surface area contributed by atoms with Crippen molar-refractivity contribution in [3.8, 4) is 11.1 Å². The number of hydrogen-bond acceptors (Lipinski definition) is 8. The molecule has 4 fully saturated rings. The van der Waals surface area contributed by atoms with Gasteiger partial charge in [0.25, 0.3) is 0 Å². The Morgan fingerprint density at radius 1 is 1.09 bits per heavy atom. The first-order valence-corrected chi connectivity index (χ1v) is 17.0. The summed E-state index contributed by atoms with van der Waals surface area (Å²) in [4.78, 5) is 20.2. The quantitative estimate of drug-likeness (QED) is 0.181. The van der Waals surface area contributed by atoms with Crippen molar-refractivity contribution in [1.82, 2.24) is 14.8 Å². The van der Waals surface area contributed by atoms with E-state index in [1.165, 1.54) is 7.11 Å². The fraction of sp³-hybridized carbons (Fsp3) is 0.485. The second-order valence-corrected chi connectivity index (χ2v) is 14.3. The third kappa shape index (κ3) is 5.10. The van der Waals surface area contributed by atoms with Gasteiger partial charge in [0.05, 0.1) is 63.6 Å². The maximum atomic E-state index is 12.5. The fourth-order valence-corrected chi connectivity index (χ4v) is 9.10. The van der Waals surface area contributed by atoms with Crippen LogP contribution < -0.4 is 4.90 Å². The van der Waals surface area contributed by atoms with Crippen LogP contribution >= 0.6 is 34.5 Å². The zero-order valence-corrected chi connectivity index (χ0v) is 26.8. The molecule has 0 spiro atoms. The molecule has 2 saturated carbocycles. The molecule has 2 aromatic carbocycles. The van der Waals surface area contributed by atoms with Crippen molar-refractivity contribution >= 4 is 55.9 Å². The van der Waals surface area contributed by atoms with Crippen LogP contribution in [-0.4, -0.2) is 59.7 Å². The minimum Gasteiger partial charge on any atom is -0.465 e. The molecule has 0 N–H and O–H groups in total. The number of thiazole rings is 1. The molecule has 230 valence electrons. The van der Waals surface area contributed by atoms with E-state index in [0.717, 1.165) is 96.0 Å². The number of hydrogen-bond donors (Lipinski definition) is 0. The van der Waals surface area contributed by atoms with E-state index in [1.54, 1.807) is 11.3 Å². The van der Waals surface area contributed by atoms with Gasteiger partial charge in [-0.1, -0.05) is 40.6 Å². The Morgan fingerprint density at radius 3 is 2.59 bits per heavy atom. The highest BCUT2D eigenvalue weighted by molar-refractivity contribution is 7.22. The van der Waals surface area contributed by atoms with Gasteiger partial charge in [0, 0.05) is 42.8 Å². The topological polar surface area (TPSA) is 78.7 Å². The number of fused-ring (bicyclic) bond motifs is 3. The number of benzene rings is 2. The van der Waals surface area contributed by atoms with Crippen molar-refractivity contribution in [2.24, 2.45) is 5.92 Å². The lowest BCUT2D eigenvalue weighted by Crippen LogP contribution is -2.38. The van der Waals surface area contributed by atoms with Gasteiger partial charge in [-0.25, -0.2) is 9.78 Å². The average Bonchev–Trinajstić information content (AvgIpc) is 3.34. The van der Waals surface area contributed by atoms with Crippen LogP contribution in [0.5, 0.6) is 0 Å². The third-order valence-electron chi connectivity index (χ3n) is 9.78. The minimum absolute atomic E-state index is 0.173. The van der Waals surface area contributed by atoms with E-state index in [0.29, 0.717) is 46.1 Å². The van der Waals surface area contributed by atoms with Crippen molar-refractivity contribution in [3.63, 3.8) is 0 Å². The SMILES string of the molecule is COC(=O)c1cc(C2CCOCC2)c2nc(N3C[C@@H]4C[C@H]3C[C@H]4OCc3c(-c4c(Cl)cccc4Cl)cnn3C3CC3)sc2c1. The lowest BCUT2D eigenvalue weighted by molar-refractivity contribution is 0.00958. The summed E-state index contributed by atoms with van der Waals surface area (Å²) in [5.41, 5.74) is 5.58. The molecule has 0 unspecified atom stereocenters. The molecule has 4 heterocycles. The molecule has 0 amide bonds. The van der Waals surface area contributed by atoms with E-state index in [4.69, 9.17) is 47.5 Å². The van der Waals surface area contributed by atoms with Gasteiger partial charge in [-0.15, -0.1) is 0 Å². The Hall–Kier alpha value is -2.69. The van der Waals surface area contributed by atoms with Crippen LogP contribution in [0.2, 0.25) is 10.0 Å². The van der Waals surface area contributed by atoms with Gasteiger partial charge in [0.1, 0.15) is 0 Å². The molecule has 44 heavy (non-hydrogen) atoms. The predicted molar refractivity (Wildman–Crippen MR) is 172 cm³/mol. The van der Waals surface area contributed by atoms with Gasteiger partial charge in [-0.3, -0.25) is 4.68 Å². The zero-order valence-electron chi connectivity index (χ0n) is 24.5. The molecule has 2 aromatic heterocycles. The number of halogens is 2. The molecule has 2 aliphatic carbocycles. The molecule has 8 rings (SSSR count). The molecule has 3 atom stereocenters. The molecular formula is C33H34Cl2N4O4S. The van der Waals surface area contributed by atoms with Crippen molar-refractivity contribution in [3.05, 3.63) is 63.4 Å².